The van der Waals surface area contributed by atoms with Crippen LogP contribution in [-0.2, 0) is 14.8 Å². The van der Waals surface area contributed by atoms with Crippen LogP contribution in [0.2, 0.25) is 0 Å². The minimum Gasteiger partial charge on any atom is -0.343 e. The Morgan fingerprint density at radius 1 is 1.25 bits per heavy atom. The molecular weight excluding hydrogens is 357 g/mol. The molecule has 24 heavy (non-hydrogen) atoms. The van der Waals surface area contributed by atoms with E-state index < -0.39 is 15.8 Å². The molecule has 0 spiro atoms. The molecule has 0 atom stereocenters. The number of halogens is 2. The second-order valence-corrected chi connectivity index (χ2v) is 7.30. The number of carbonyl (C=O) groups is 1. The van der Waals surface area contributed by atoms with Crippen molar-refractivity contribution >= 4 is 28.3 Å². The number of amides is 1. The van der Waals surface area contributed by atoms with Gasteiger partial charge in [0.25, 0.3) is 0 Å². The highest BCUT2D eigenvalue weighted by molar-refractivity contribution is 7.89. The molecule has 0 aromatic heterocycles. The molecule has 136 valence electrons. The van der Waals surface area contributed by atoms with Crippen molar-refractivity contribution in [2.24, 2.45) is 0 Å². The zero-order valence-corrected chi connectivity index (χ0v) is 15.1. The average Bonchev–Trinajstić information content (AvgIpc) is 2.53. The fraction of sp³-hybridized carbons (Fsp3) is 0.533. The van der Waals surface area contributed by atoms with Crippen LogP contribution in [0.15, 0.2) is 29.2 Å². The first-order valence-electron chi connectivity index (χ1n) is 7.62. The predicted molar refractivity (Wildman–Crippen MR) is 92.1 cm³/mol. The number of piperidine rings is 1. The lowest BCUT2D eigenvalue weighted by molar-refractivity contribution is -0.132. The van der Waals surface area contributed by atoms with Crippen LogP contribution in [0.5, 0.6) is 0 Å². The third kappa shape index (κ3) is 5.70. The second-order valence-electron chi connectivity index (χ2n) is 5.58. The van der Waals surface area contributed by atoms with Crippen LogP contribution in [0.3, 0.4) is 0 Å². The SMILES string of the molecule is CNCCC(=O)N1CCC(NS(=O)(=O)c2ccc(F)cc2)CC1.Cl. The topological polar surface area (TPSA) is 78.5 Å². The third-order valence-electron chi connectivity index (χ3n) is 3.88. The quantitative estimate of drug-likeness (QED) is 0.776. The lowest BCUT2D eigenvalue weighted by atomic mass is 10.1. The van der Waals surface area contributed by atoms with E-state index in [1.165, 1.54) is 12.1 Å². The van der Waals surface area contributed by atoms with E-state index in [0.29, 0.717) is 38.9 Å². The minimum atomic E-state index is -3.66. The van der Waals surface area contributed by atoms with Gasteiger partial charge in [-0.1, -0.05) is 0 Å². The summed E-state index contributed by atoms with van der Waals surface area (Å²) in [5, 5.41) is 2.93. The van der Waals surface area contributed by atoms with Crippen molar-refractivity contribution in [3.05, 3.63) is 30.1 Å². The summed E-state index contributed by atoms with van der Waals surface area (Å²) in [4.78, 5) is 13.7. The molecule has 1 aromatic rings. The number of sulfonamides is 1. The van der Waals surface area contributed by atoms with Crippen LogP contribution in [0.25, 0.3) is 0 Å². The van der Waals surface area contributed by atoms with Crippen LogP contribution >= 0.6 is 12.4 Å². The number of nitrogens with zero attached hydrogens (tertiary/aromatic N) is 1. The normalized spacial score (nSPS) is 15.8. The Kier molecular flexibility index (Phi) is 8.08. The molecule has 2 rings (SSSR count). The number of benzene rings is 1. The number of likely N-dealkylation sites (tertiary alicyclic amines) is 1. The van der Waals surface area contributed by atoms with Crippen LogP contribution in [0, 0.1) is 5.82 Å². The highest BCUT2D eigenvalue weighted by Gasteiger charge is 2.26. The summed E-state index contributed by atoms with van der Waals surface area (Å²) in [5.41, 5.74) is 0. The lowest BCUT2D eigenvalue weighted by Crippen LogP contribution is -2.46. The number of hydrogen-bond acceptors (Lipinski definition) is 4. The first kappa shape index (κ1) is 20.8. The first-order valence-corrected chi connectivity index (χ1v) is 9.11. The Balaban J connectivity index is 0.00000288. The zero-order valence-electron chi connectivity index (χ0n) is 13.5. The van der Waals surface area contributed by atoms with Gasteiger partial charge in [-0.3, -0.25) is 4.79 Å². The number of nitrogens with one attached hydrogen (secondary N) is 2. The van der Waals surface area contributed by atoms with Crippen molar-refractivity contribution in [2.45, 2.75) is 30.2 Å². The molecule has 0 aliphatic carbocycles. The van der Waals surface area contributed by atoms with E-state index in [4.69, 9.17) is 0 Å². The summed E-state index contributed by atoms with van der Waals surface area (Å²) < 4.78 is 40.0. The van der Waals surface area contributed by atoms with Gasteiger partial charge in [0.05, 0.1) is 4.90 Å². The molecule has 2 N–H and O–H groups in total. The average molecular weight is 380 g/mol. The van der Waals surface area contributed by atoms with Crippen molar-refractivity contribution in [1.82, 2.24) is 14.9 Å². The summed E-state index contributed by atoms with van der Waals surface area (Å²) in [6.45, 7) is 1.72. The van der Waals surface area contributed by atoms with Crippen LogP contribution < -0.4 is 10.0 Å². The maximum Gasteiger partial charge on any atom is 0.240 e. The summed E-state index contributed by atoms with van der Waals surface area (Å²) >= 11 is 0. The highest BCUT2D eigenvalue weighted by atomic mass is 35.5. The van der Waals surface area contributed by atoms with E-state index in [1.54, 1.807) is 11.9 Å². The summed E-state index contributed by atoms with van der Waals surface area (Å²) in [6.07, 6.45) is 1.60. The van der Waals surface area contributed by atoms with Crippen molar-refractivity contribution in [1.29, 1.82) is 0 Å². The van der Waals surface area contributed by atoms with E-state index >= 15 is 0 Å². The molecule has 0 radical (unpaired) electrons. The number of hydrogen-bond donors (Lipinski definition) is 2. The maximum absolute atomic E-state index is 12.9. The van der Waals surface area contributed by atoms with Crippen molar-refractivity contribution in [3.63, 3.8) is 0 Å². The Labute approximate surface area is 148 Å². The molecule has 0 unspecified atom stereocenters. The fourth-order valence-corrected chi connectivity index (χ4v) is 3.84. The molecule has 1 aliphatic rings. The molecule has 1 heterocycles. The molecule has 0 saturated carbocycles. The van der Waals surface area contributed by atoms with Crippen LogP contribution in [0.1, 0.15) is 19.3 Å². The number of rotatable bonds is 6. The van der Waals surface area contributed by atoms with Crippen LogP contribution in [0.4, 0.5) is 4.39 Å². The minimum absolute atomic E-state index is 0. The van der Waals surface area contributed by atoms with Gasteiger partial charge in [-0.2, -0.15) is 0 Å². The molecule has 0 bridgehead atoms. The Morgan fingerprint density at radius 3 is 2.38 bits per heavy atom. The van der Waals surface area contributed by atoms with E-state index in [2.05, 4.69) is 10.0 Å². The first-order chi connectivity index (χ1) is 10.9. The molecule has 1 amide bonds. The van der Waals surface area contributed by atoms with Gasteiger partial charge < -0.3 is 10.2 Å². The molecule has 6 nitrogen and oxygen atoms in total. The largest absolute Gasteiger partial charge is 0.343 e. The molecule has 1 fully saturated rings. The smallest absolute Gasteiger partial charge is 0.240 e. The monoisotopic (exact) mass is 379 g/mol. The van der Waals surface area contributed by atoms with Crippen molar-refractivity contribution in [3.8, 4) is 0 Å². The second kappa shape index (κ2) is 9.31. The van der Waals surface area contributed by atoms with Crippen molar-refractivity contribution < 1.29 is 17.6 Å². The van der Waals surface area contributed by atoms with Gasteiger partial charge in [-0.15, -0.1) is 12.4 Å². The van der Waals surface area contributed by atoms with Gasteiger partial charge in [-0.05, 0) is 44.2 Å². The fourth-order valence-electron chi connectivity index (χ4n) is 2.54. The van der Waals surface area contributed by atoms with E-state index in [1.807, 2.05) is 0 Å². The molecular formula is C15H23ClFN3O3S. The molecule has 1 saturated heterocycles. The Morgan fingerprint density at radius 2 is 1.83 bits per heavy atom. The maximum atomic E-state index is 12.9. The summed E-state index contributed by atoms with van der Waals surface area (Å²) in [5.74, 6) is -0.392. The Hall–Kier alpha value is -1.22. The van der Waals surface area contributed by atoms with E-state index in [-0.39, 0.29) is 29.3 Å². The predicted octanol–water partition coefficient (Wildman–Crippen LogP) is 1.13. The third-order valence-corrected chi connectivity index (χ3v) is 5.42. The standard InChI is InChI=1S/C15H22FN3O3S.ClH/c1-17-9-6-15(20)19-10-7-13(8-11-19)18-23(21,22)14-4-2-12(16)3-5-14;/h2-5,13,17-18H,6-11H2,1H3;1H. The molecule has 1 aromatic carbocycles. The van der Waals surface area contributed by atoms with Gasteiger partial charge >= 0.3 is 0 Å². The summed E-state index contributed by atoms with van der Waals surface area (Å²) in [6, 6.07) is 4.52. The van der Waals surface area contributed by atoms with Crippen molar-refractivity contribution in [2.75, 3.05) is 26.7 Å². The highest BCUT2D eigenvalue weighted by Crippen LogP contribution is 2.16. The van der Waals surface area contributed by atoms with Gasteiger partial charge in [-0.25, -0.2) is 17.5 Å². The van der Waals surface area contributed by atoms with Gasteiger partial charge in [0.2, 0.25) is 15.9 Å². The zero-order chi connectivity index (χ0) is 16.9. The van der Waals surface area contributed by atoms with Gasteiger partial charge in [0, 0.05) is 32.1 Å². The lowest BCUT2D eigenvalue weighted by Gasteiger charge is -2.32. The Bertz CT molecular complexity index is 632. The summed E-state index contributed by atoms with van der Waals surface area (Å²) in [7, 11) is -1.86. The molecule has 1 aliphatic heterocycles. The number of carbonyl (C=O) groups excluding carboxylic acids is 1. The van der Waals surface area contributed by atoms with E-state index in [9.17, 15) is 17.6 Å². The van der Waals surface area contributed by atoms with Crippen LogP contribution in [-0.4, -0.2) is 51.9 Å². The van der Waals surface area contributed by atoms with Gasteiger partial charge in [0.15, 0.2) is 0 Å². The van der Waals surface area contributed by atoms with E-state index in [0.717, 1.165) is 12.1 Å². The molecule has 9 heteroatoms. The van der Waals surface area contributed by atoms with Gasteiger partial charge in [0.1, 0.15) is 5.82 Å².